The molecule has 3 aromatic rings. The highest BCUT2D eigenvalue weighted by Crippen LogP contribution is 2.27. The fourth-order valence-corrected chi connectivity index (χ4v) is 4.68. The van der Waals surface area contributed by atoms with Crippen molar-refractivity contribution in [2.75, 3.05) is 17.1 Å². The third-order valence-electron chi connectivity index (χ3n) is 4.00. The van der Waals surface area contributed by atoms with Crippen LogP contribution >= 0.6 is 11.3 Å². The van der Waals surface area contributed by atoms with Gasteiger partial charge in [0, 0.05) is 5.69 Å². The molecular formula is C19H18FN3O4S2. The lowest BCUT2D eigenvalue weighted by molar-refractivity contribution is 0.103. The van der Waals surface area contributed by atoms with Gasteiger partial charge in [-0.1, -0.05) is 11.3 Å². The molecule has 1 amide bonds. The number of nitrogens with zero attached hydrogens (tertiary/aromatic N) is 1. The fourth-order valence-electron chi connectivity index (χ4n) is 2.58. The number of carbonyl (C=O) groups excluding carboxylic acids is 1. The molecule has 0 aliphatic heterocycles. The summed E-state index contributed by atoms with van der Waals surface area (Å²) in [6.45, 7) is 3.47. The zero-order chi connectivity index (χ0) is 21.2. The van der Waals surface area contributed by atoms with Gasteiger partial charge in [-0.15, -0.1) is 0 Å². The lowest BCUT2D eigenvalue weighted by Gasteiger charge is -2.08. The van der Waals surface area contributed by atoms with Gasteiger partial charge in [0.05, 0.1) is 17.7 Å². The summed E-state index contributed by atoms with van der Waals surface area (Å²) in [4.78, 5) is 16.9. The number of nitrogens with one attached hydrogen (secondary N) is 2. The molecule has 1 heterocycles. The molecule has 0 fully saturated rings. The molecule has 0 aliphatic carbocycles. The van der Waals surface area contributed by atoms with E-state index >= 15 is 0 Å². The van der Waals surface area contributed by atoms with Crippen LogP contribution in [0.1, 0.15) is 20.9 Å². The molecule has 10 heteroatoms. The summed E-state index contributed by atoms with van der Waals surface area (Å²) < 4.78 is 45.4. The molecule has 29 heavy (non-hydrogen) atoms. The second-order valence-corrected chi connectivity index (χ2v) is 8.81. The lowest BCUT2D eigenvalue weighted by atomic mass is 10.2. The molecule has 152 valence electrons. The van der Waals surface area contributed by atoms with Crippen LogP contribution in [0.5, 0.6) is 5.75 Å². The first-order valence-corrected chi connectivity index (χ1v) is 10.7. The summed E-state index contributed by atoms with van der Waals surface area (Å²) in [6.07, 6.45) is 0. The Bertz CT molecular complexity index is 1160. The number of aryl methyl sites for hydroxylation is 2. The Balaban J connectivity index is 1.78. The van der Waals surface area contributed by atoms with Crippen molar-refractivity contribution in [2.24, 2.45) is 0 Å². The zero-order valence-corrected chi connectivity index (χ0v) is 17.4. The normalized spacial score (nSPS) is 11.2. The summed E-state index contributed by atoms with van der Waals surface area (Å²) in [5, 5.41) is 2.81. The summed E-state index contributed by atoms with van der Waals surface area (Å²) in [5.74, 6) is -0.243. The third kappa shape index (κ3) is 4.72. The molecule has 0 radical (unpaired) electrons. The number of halogens is 1. The average molecular weight is 436 g/mol. The van der Waals surface area contributed by atoms with Crippen LogP contribution in [-0.4, -0.2) is 26.4 Å². The van der Waals surface area contributed by atoms with Gasteiger partial charge in [-0.05, 0) is 61.9 Å². The monoisotopic (exact) mass is 435 g/mol. The molecule has 0 unspecified atom stereocenters. The molecule has 0 atom stereocenters. The number of hydrogen-bond donors (Lipinski definition) is 2. The number of sulfonamides is 1. The number of aromatic nitrogens is 1. The van der Waals surface area contributed by atoms with E-state index in [0.717, 1.165) is 41.2 Å². The van der Waals surface area contributed by atoms with Gasteiger partial charge in [0.15, 0.2) is 5.13 Å². The van der Waals surface area contributed by atoms with Crippen LogP contribution in [0.15, 0.2) is 47.4 Å². The number of thiazole rings is 1. The summed E-state index contributed by atoms with van der Waals surface area (Å²) in [5.41, 5.74) is 1.82. The molecular weight excluding hydrogens is 417 g/mol. The molecule has 2 aromatic carbocycles. The molecule has 0 saturated heterocycles. The lowest BCUT2D eigenvalue weighted by Crippen LogP contribution is -2.12. The Morgan fingerprint density at radius 3 is 2.45 bits per heavy atom. The summed E-state index contributed by atoms with van der Waals surface area (Å²) in [7, 11) is -2.38. The largest absolute Gasteiger partial charge is 0.496 e. The first-order chi connectivity index (χ1) is 13.7. The van der Waals surface area contributed by atoms with Crippen molar-refractivity contribution in [1.82, 2.24) is 4.98 Å². The van der Waals surface area contributed by atoms with Crippen molar-refractivity contribution in [1.29, 1.82) is 0 Å². The smallest absolute Gasteiger partial charge is 0.267 e. The van der Waals surface area contributed by atoms with Crippen LogP contribution in [0.25, 0.3) is 0 Å². The van der Waals surface area contributed by atoms with Gasteiger partial charge in [0.25, 0.3) is 15.9 Å². The number of carbonyl (C=O) groups is 1. The topological polar surface area (TPSA) is 97.4 Å². The van der Waals surface area contributed by atoms with E-state index in [-0.39, 0.29) is 14.9 Å². The Morgan fingerprint density at radius 1 is 1.14 bits per heavy atom. The predicted octanol–water partition coefficient (Wildman–Crippen LogP) is 3.96. The molecule has 0 spiro atoms. The van der Waals surface area contributed by atoms with E-state index in [9.17, 15) is 17.6 Å². The van der Waals surface area contributed by atoms with Crippen LogP contribution in [0.3, 0.4) is 0 Å². The molecule has 7 nitrogen and oxygen atoms in total. The quantitative estimate of drug-likeness (QED) is 0.611. The molecule has 0 aliphatic rings. The van der Waals surface area contributed by atoms with Crippen molar-refractivity contribution in [3.8, 4) is 5.75 Å². The van der Waals surface area contributed by atoms with Crippen molar-refractivity contribution in [2.45, 2.75) is 18.7 Å². The van der Waals surface area contributed by atoms with E-state index < -0.39 is 21.7 Å². The van der Waals surface area contributed by atoms with Gasteiger partial charge in [-0.3, -0.25) is 9.52 Å². The van der Waals surface area contributed by atoms with E-state index in [2.05, 4.69) is 15.0 Å². The van der Waals surface area contributed by atoms with Crippen molar-refractivity contribution < 1.29 is 22.3 Å². The number of benzene rings is 2. The number of anilines is 2. The molecule has 0 bridgehead atoms. The average Bonchev–Trinajstić information content (AvgIpc) is 3.02. The maximum absolute atomic E-state index is 13.0. The Kier molecular flexibility index (Phi) is 5.85. The van der Waals surface area contributed by atoms with Crippen LogP contribution in [0.4, 0.5) is 15.2 Å². The van der Waals surface area contributed by atoms with Gasteiger partial charge in [0.2, 0.25) is 0 Å². The van der Waals surface area contributed by atoms with Crippen molar-refractivity contribution in [3.05, 3.63) is 64.4 Å². The van der Waals surface area contributed by atoms with Crippen LogP contribution in [0.2, 0.25) is 0 Å². The third-order valence-corrected chi connectivity index (χ3v) is 6.56. The Hall–Kier alpha value is -2.98. The van der Waals surface area contributed by atoms with Gasteiger partial charge in [-0.2, -0.15) is 0 Å². The number of rotatable bonds is 6. The molecule has 3 rings (SSSR count). The minimum atomic E-state index is -3.95. The maximum atomic E-state index is 13.0. The van der Waals surface area contributed by atoms with Gasteiger partial charge < -0.3 is 10.1 Å². The minimum absolute atomic E-state index is 0.0443. The summed E-state index contributed by atoms with van der Waals surface area (Å²) >= 11 is 0.911. The standard InChI is InChI=1S/C19H18FN3O4S2/c1-11-10-14(6-9-16(11)27-3)22-18(24)17-12(2)21-19(28-17)23-29(25,26)15-7-4-13(20)5-8-15/h4-10H,1-3H3,(H,21,23)(H,22,24). The second-order valence-electron chi connectivity index (χ2n) is 6.13. The number of ether oxygens (including phenoxy) is 1. The van der Waals surface area contributed by atoms with E-state index in [1.165, 1.54) is 0 Å². The highest BCUT2D eigenvalue weighted by molar-refractivity contribution is 7.93. The molecule has 2 N–H and O–H groups in total. The molecule has 0 saturated carbocycles. The van der Waals surface area contributed by atoms with Crippen LogP contribution in [-0.2, 0) is 10.0 Å². The number of hydrogen-bond acceptors (Lipinski definition) is 6. The zero-order valence-electron chi connectivity index (χ0n) is 15.8. The van der Waals surface area contributed by atoms with E-state index in [0.29, 0.717) is 17.1 Å². The second kappa shape index (κ2) is 8.18. The van der Waals surface area contributed by atoms with Crippen molar-refractivity contribution >= 4 is 38.1 Å². The van der Waals surface area contributed by atoms with Crippen LogP contribution < -0.4 is 14.8 Å². The van der Waals surface area contributed by atoms with Crippen LogP contribution in [0, 0.1) is 19.7 Å². The Labute approximate surface area is 171 Å². The Morgan fingerprint density at radius 2 is 1.83 bits per heavy atom. The number of amides is 1. The molecule has 1 aromatic heterocycles. The van der Waals surface area contributed by atoms with Gasteiger partial charge in [0.1, 0.15) is 16.4 Å². The summed E-state index contributed by atoms with van der Waals surface area (Å²) in [6, 6.07) is 9.63. The fraction of sp³-hybridized carbons (Fsp3) is 0.158. The van der Waals surface area contributed by atoms with E-state index in [4.69, 9.17) is 4.74 Å². The maximum Gasteiger partial charge on any atom is 0.267 e. The highest BCUT2D eigenvalue weighted by Gasteiger charge is 2.20. The highest BCUT2D eigenvalue weighted by atomic mass is 32.2. The van der Waals surface area contributed by atoms with Gasteiger partial charge in [-0.25, -0.2) is 17.8 Å². The SMILES string of the molecule is COc1ccc(NC(=O)c2sc(NS(=O)(=O)c3ccc(F)cc3)nc2C)cc1C. The van der Waals surface area contributed by atoms with Gasteiger partial charge >= 0.3 is 0 Å². The minimum Gasteiger partial charge on any atom is -0.496 e. The van der Waals surface area contributed by atoms with Crippen molar-refractivity contribution in [3.63, 3.8) is 0 Å². The number of methoxy groups -OCH3 is 1. The van der Waals surface area contributed by atoms with E-state index in [1.807, 2.05) is 6.92 Å². The first-order valence-electron chi connectivity index (χ1n) is 8.41. The predicted molar refractivity (Wildman–Crippen MR) is 110 cm³/mol. The van der Waals surface area contributed by atoms with E-state index in [1.54, 1.807) is 32.2 Å². The first kappa shape index (κ1) is 20.7.